The first-order valence-corrected chi connectivity index (χ1v) is 3.41. The SMILES string of the molecule is O=[PH]1OCCCO1. The lowest BCUT2D eigenvalue weighted by atomic mass is 10.5. The molecule has 7 heavy (non-hydrogen) atoms. The zero-order valence-corrected chi connectivity index (χ0v) is 4.85. The molecule has 42 valence electrons. The van der Waals surface area contributed by atoms with Gasteiger partial charge in [-0.25, -0.2) is 0 Å². The van der Waals surface area contributed by atoms with Crippen molar-refractivity contribution in [3.8, 4) is 0 Å². The van der Waals surface area contributed by atoms with Crippen LogP contribution in [0.15, 0.2) is 0 Å². The molecule has 0 saturated carbocycles. The minimum atomic E-state index is -2.04. The molecule has 0 aromatic heterocycles. The van der Waals surface area contributed by atoms with E-state index in [1.807, 2.05) is 0 Å². The quantitative estimate of drug-likeness (QED) is 0.446. The fourth-order valence-corrected chi connectivity index (χ4v) is 1.12. The second-order valence-electron chi connectivity index (χ2n) is 1.30. The van der Waals surface area contributed by atoms with Crippen LogP contribution >= 0.6 is 8.25 Å². The van der Waals surface area contributed by atoms with Gasteiger partial charge in [0.15, 0.2) is 0 Å². The van der Waals surface area contributed by atoms with E-state index < -0.39 is 8.25 Å². The third-order valence-electron chi connectivity index (χ3n) is 0.729. The normalized spacial score (nSPS) is 25.1. The zero-order chi connectivity index (χ0) is 5.11. The van der Waals surface area contributed by atoms with Gasteiger partial charge in [0.2, 0.25) is 0 Å². The Morgan fingerprint density at radius 3 is 2.14 bits per heavy atom. The van der Waals surface area contributed by atoms with Crippen LogP contribution in [0, 0.1) is 0 Å². The second-order valence-corrected chi connectivity index (χ2v) is 2.38. The molecular weight excluding hydrogens is 115 g/mol. The summed E-state index contributed by atoms with van der Waals surface area (Å²) in [6.45, 7) is 1.19. The predicted octanol–water partition coefficient (Wildman–Crippen LogP) is 0.813. The first kappa shape index (κ1) is 5.29. The lowest BCUT2D eigenvalue weighted by molar-refractivity contribution is 0.165. The summed E-state index contributed by atoms with van der Waals surface area (Å²) in [5.41, 5.74) is 0. The van der Waals surface area contributed by atoms with Crippen molar-refractivity contribution in [1.82, 2.24) is 0 Å². The summed E-state index contributed by atoms with van der Waals surface area (Å²) in [5.74, 6) is 0. The van der Waals surface area contributed by atoms with Gasteiger partial charge in [-0.15, -0.1) is 0 Å². The second kappa shape index (κ2) is 2.46. The molecular formula is C3H7O3P. The molecule has 0 aromatic rings. The maximum atomic E-state index is 10.2. The Hall–Kier alpha value is 0.150. The Bertz CT molecular complexity index is 74.2. The Morgan fingerprint density at radius 2 is 1.86 bits per heavy atom. The van der Waals surface area contributed by atoms with Crippen molar-refractivity contribution < 1.29 is 13.6 Å². The topological polar surface area (TPSA) is 35.5 Å². The molecule has 0 bridgehead atoms. The van der Waals surface area contributed by atoms with Crippen LogP contribution in [0.5, 0.6) is 0 Å². The minimum absolute atomic E-state index is 0.595. The lowest BCUT2D eigenvalue weighted by Gasteiger charge is -2.09. The van der Waals surface area contributed by atoms with Gasteiger partial charge in [0.25, 0.3) is 0 Å². The van der Waals surface area contributed by atoms with Crippen molar-refractivity contribution in [2.45, 2.75) is 6.42 Å². The molecule has 4 heteroatoms. The highest BCUT2D eigenvalue weighted by Crippen LogP contribution is 2.27. The van der Waals surface area contributed by atoms with E-state index in [0.717, 1.165) is 6.42 Å². The van der Waals surface area contributed by atoms with Crippen LogP contribution in [-0.4, -0.2) is 13.2 Å². The third kappa shape index (κ3) is 1.59. The summed E-state index contributed by atoms with van der Waals surface area (Å²) in [5, 5.41) is 0. The monoisotopic (exact) mass is 122 g/mol. The molecule has 1 aliphatic rings. The smallest absolute Gasteiger partial charge is 0.311 e. The van der Waals surface area contributed by atoms with E-state index in [2.05, 4.69) is 9.05 Å². The van der Waals surface area contributed by atoms with Crippen LogP contribution in [0.25, 0.3) is 0 Å². The van der Waals surface area contributed by atoms with Crippen molar-refractivity contribution in [2.24, 2.45) is 0 Å². The highest BCUT2D eigenvalue weighted by molar-refractivity contribution is 7.33. The molecule has 0 N–H and O–H groups in total. The molecule has 0 radical (unpaired) electrons. The maximum Gasteiger partial charge on any atom is 0.319 e. The maximum absolute atomic E-state index is 10.2. The average Bonchev–Trinajstić information content (AvgIpc) is 1.69. The van der Waals surface area contributed by atoms with Gasteiger partial charge in [-0.3, -0.25) is 4.57 Å². The van der Waals surface area contributed by atoms with Crippen molar-refractivity contribution >= 4 is 8.25 Å². The van der Waals surface area contributed by atoms with E-state index in [9.17, 15) is 4.57 Å². The highest BCUT2D eigenvalue weighted by atomic mass is 31.1. The van der Waals surface area contributed by atoms with Crippen LogP contribution in [0.4, 0.5) is 0 Å². The molecule has 1 heterocycles. The van der Waals surface area contributed by atoms with Crippen LogP contribution in [0.1, 0.15) is 6.42 Å². The van der Waals surface area contributed by atoms with E-state index >= 15 is 0 Å². The standard InChI is InChI=1S/C3H7O3P/c4-7-5-2-1-3-6-7/h7H,1-3H2. The van der Waals surface area contributed by atoms with E-state index in [-0.39, 0.29) is 0 Å². The third-order valence-corrected chi connectivity index (χ3v) is 1.61. The molecule has 0 atom stereocenters. The minimum Gasteiger partial charge on any atom is -0.311 e. The Kier molecular flexibility index (Phi) is 1.86. The van der Waals surface area contributed by atoms with Crippen molar-refractivity contribution in [1.29, 1.82) is 0 Å². The molecule has 0 unspecified atom stereocenters. The first-order chi connectivity index (χ1) is 3.39. The van der Waals surface area contributed by atoms with Gasteiger partial charge in [0.1, 0.15) is 0 Å². The lowest BCUT2D eigenvalue weighted by Crippen LogP contribution is -2.00. The molecule has 0 aromatic carbocycles. The van der Waals surface area contributed by atoms with Crippen LogP contribution in [0.3, 0.4) is 0 Å². The molecule has 1 saturated heterocycles. The summed E-state index contributed by atoms with van der Waals surface area (Å²) >= 11 is 0. The van der Waals surface area contributed by atoms with Crippen LogP contribution in [0.2, 0.25) is 0 Å². The van der Waals surface area contributed by atoms with Gasteiger partial charge in [0, 0.05) is 0 Å². The summed E-state index contributed by atoms with van der Waals surface area (Å²) < 4.78 is 19.4. The van der Waals surface area contributed by atoms with Gasteiger partial charge >= 0.3 is 8.25 Å². The van der Waals surface area contributed by atoms with Crippen molar-refractivity contribution in [2.75, 3.05) is 13.2 Å². The van der Waals surface area contributed by atoms with Crippen molar-refractivity contribution in [3.63, 3.8) is 0 Å². The largest absolute Gasteiger partial charge is 0.319 e. The van der Waals surface area contributed by atoms with E-state index in [0.29, 0.717) is 13.2 Å². The molecule has 1 fully saturated rings. The van der Waals surface area contributed by atoms with Gasteiger partial charge in [-0.2, -0.15) is 0 Å². The molecule has 1 rings (SSSR count). The van der Waals surface area contributed by atoms with Crippen LogP contribution < -0.4 is 0 Å². The van der Waals surface area contributed by atoms with Gasteiger partial charge < -0.3 is 9.05 Å². The highest BCUT2D eigenvalue weighted by Gasteiger charge is 2.04. The van der Waals surface area contributed by atoms with E-state index in [1.165, 1.54) is 0 Å². The number of rotatable bonds is 0. The Balaban J connectivity index is 2.25. The summed E-state index contributed by atoms with van der Waals surface area (Å²) in [4.78, 5) is 0. The number of hydrogen-bond donors (Lipinski definition) is 0. The summed E-state index contributed by atoms with van der Waals surface area (Å²) in [6.07, 6.45) is 0.871. The van der Waals surface area contributed by atoms with Gasteiger partial charge in [-0.1, -0.05) is 0 Å². The summed E-state index contributed by atoms with van der Waals surface area (Å²) in [7, 11) is -2.04. The van der Waals surface area contributed by atoms with Crippen LogP contribution in [-0.2, 0) is 13.6 Å². The average molecular weight is 122 g/mol. The Morgan fingerprint density at radius 1 is 1.29 bits per heavy atom. The van der Waals surface area contributed by atoms with Gasteiger partial charge in [-0.05, 0) is 6.42 Å². The first-order valence-electron chi connectivity index (χ1n) is 2.19. The summed E-state index contributed by atoms with van der Waals surface area (Å²) in [6, 6.07) is 0. The molecule has 0 spiro atoms. The van der Waals surface area contributed by atoms with Crippen molar-refractivity contribution in [3.05, 3.63) is 0 Å². The molecule has 1 aliphatic heterocycles. The fraction of sp³-hybridized carbons (Fsp3) is 1.00. The number of hydrogen-bond acceptors (Lipinski definition) is 3. The predicted molar refractivity (Wildman–Crippen MR) is 25.5 cm³/mol. The fourth-order valence-electron chi connectivity index (χ4n) is 0.412. The molecule has 0 amide bonds. The van der Waals surface area contributed by atoms with E-state index in [4.69, 9.17) is 0 Å². The zero-order valence-electron chi connectivity index (χ0n) is 3.85. The molecule has 0 aliphatic carbocycles. The molecule has 3 nitrogen and oxygen atoms in total. The van der Waals surface area contributed by atoms with Gasteiger partial charge in [0.05, 0.1) is 13.2 Å². The van der Waals surface area contributed by atoms with E-state index in [1.54, 1.807) is 0 Å². The Labute approximate surface area is 42.6 Å².